The van der Waals surface area contributed by atoms with Gasteiger partial charge in [-0.25, -0.2) is 13.4 Å². The molecule has 36 heavy (non-hydrogen) atoms. The van der Waals surface area contributed by atoms with Crippen LogP contribution in [0.5, 0.6) is 5.75 Å². The Labute approximate surface area is 214 Å². The van der Waals surface area contributed by atoms with Crippen molar-refractivity contribution in [2.24, 2.45) is 0 Å². The van der Waals surface area contributed by atoms with E-state index in [0.717, 1.165) is 35.2 Å². The second-order valence-electron chi connectivity index (χ2n) is 8.55. The molecule has 0 spiro atoms. The molecule has 0 N–H and O–H groups in total. The molecule has 1 amide bonds. The molecule has 0 aliphatic carbocycles. The molecular formula is C25H27N5O4S2. The van der Waals surface area contributed by atoms with Crippen LogP contribution < -0.4 is 9.64 Å². The van der Waals surface area contributed by atoms with Crippen LogP contribution in [0.4, 0.5) is 5.13 Å². The Morgan fingerprint density at radius 3 is 2.58 bits per heavy atom. The topological polar surface area (TPSA) is 97.6 Å². The number of amides is 1. The molecule has 3 heterocycles. The number of carbonyl (C=O) groups excluding carboxylic acids is 1. The van der Waals surface area contributed by atoms with Gasteiger partial charge in [-0.05, 0) is 61.4 Å². The molecule has 2 aromatic carbocycles. The van der Waals surface area contributed by atoms with E-state index in [1.165, 1.54) is 27.8 Å². The molecule has 2 aromatic heterocycles. The Hall–Kier alpha value is -3.28. The average molecular weight is 526 g/mol. The van der Waals surface area contributed by atoms with E-state index >= 15 is 0 Å². The van der Waals surface area contributed by atoms with Gasteiger partial charge in [-0.15, -0.1) is 0 Å². The maximum Gasteiger partial charge on any atom is 0.260 e. The van der Waals surface area contributed by atoms with Gasteiger partial charge in [0.25, 0.3) is 5.91 Å². The van der Waals surface area contributed by atoms with Gasteiger partial charge >= 0.3 is 0 Å². The molecule has 5 rings (SSSR count). The van der Waals surface area contributed by atoms with Crippen LogP contribution in [-0.4, -0.2) is 60.1 Å². The number of hydrogen-bond donors (Lipinski definition) is 0. The first kappa shape index (κ1) is 24.4. The third-order valence-electron chi connectivity index (χ3n) is 6.23. The molecule has 0 atom stereocenters. The highest BCUT2D eigenvalue weighted by atomic mass is 32.2. The van der Waals surface area contributed by atoms with E-state index in [4.69, 9.17) is 4.74 Å². The summed E-state index contributed by atoms with van der Waals surface area (Å²) in [5.41, 5.74) is 1.17. The van der Waals surface area contributed by atoms with Crippen molar-refractivity contribution in [3.8, 4) is 5.75 Å². The molecule has 4 aromatic rings. The van der Waals surface area contributed by atoms with Gasteiger partial charge in [0.05, 0.1) is 28.8 Å². The van der Waals surface area contributed by atoms with Gasteiger partial charge in [-0.1, -0.05) is 17.8 Å². The third-order valence-corrected chi connectivity index (χ3v) is 9.18. The van der Waals surface area contributed by atoms with Gasteiger partial charge in [0.15, 0.2) is 5.13 Å². The first-order valence-corrected chi connectivity index (χ1v) is 14.1. The molecule has 1 aliphatic heterocycles. The van der Waals surface area contributed by atoms with Gasteiger partial charge in [-0.2, -0.15) is 9.40 Å². The largest absolute Gasteiger partial charge is 0.497 e. The van der Waals surface area contributed by atoms with Crippen LogP contribution in [0.1, 0.15) is 29.6 Å². The summed E-state index contributed by atoms with van der Waals surface area (Å²) < 4.78 is 35.5. The Balaban J connectivity index is 1.43. The van der Waals surface area contributed by atoms with Crippen molar-refractivity contribution in [3.63, 3.8) is 0 Å². The van der Waals surface area contributed by atoms with Gasteiger partial charge in [0, 0.05) is 37.6 Å². The quantitative estimate of drug-likeness (QED) is 0.345. The molecular weight excluding hydrogens is 498 g/mol. The molecule has 0 radical (unpaired) electrons. The highest BCUT2D eigenvalue weighted by molar-refractivity contribution is 7.89. The number of piperidine rings is 1. The van der Waals surface area contributed by atoms with E-state index in [1.807, 2.05) is 30.5 Å². The van der Waals surface area contributed by atoms with E-state index in [1.54, 1.807) is 35.0 Å². The van der Waals surface area contributed by atoms with Crippen LogP contribution in [-0.2, 0) is 16.6 Å². The standard InChI is InChI=1S/C25H27N5O4S2/c1-34-20-8-11-22-23(18-20)35-25(27-22)30(17-16-28-13-5-12-26-28)24(31)19-6-9-21(10-7-19)36(32,33)29-14-3-2-4-15-29/h5-13,18H,2-4,14-17H2,1H3. The molecule has 9 nitrogen and oxygen atoms in total. The van der Waals surface area contributed by atoms with Gasteiger partial charge in [0.1, 0.15) is 5.75 Å². The maximum absolute atomic E-state index is 13.6. The minimum absolute atomic E-state index is 0.205. The van der Waals surface area contributed by atoms with Crippen LogP contribution in [0.3, 0.4) is 0 Å². The minimum Gasteiger partial charge on any atom is -0.497 e. The number of benzene rings is 2. The predicted molar refractivity (Wildman–Crippen MR) is 139 cm³/mol. The van der Waals surface area contributed by atoms with Gasteiger partial charge in [0.2, 0.25) is 10.0 Å². The fourth-order valence-corrected chi connectivity index (χ4v) is 6.77. The second-order valence-corrected chi connectivity index (χ2v) is 11.5. The number of hydrogen-bond acceptors (Lipinski definition) is 7. The Morgan fingerprint density at radius 1 is 1.11 bits per heavy atom. The molecule has 0 saturated carbocycles. The number of rotatable bonds is 8. The van der Waals surface area contributed by atoms with Crippen molar-refractivity contribution in [2.75, 3.05) is 31.6 Å². The summed E-state index contributed by atoms with van der Waals surface area (Å²) in [4.78, 5) is 20.2. The summed E-state index contributed by atoms with van der Waals surface area (Å²) in [6.07, 6.45) is 6.32. The molecule has 188 valence electrons. The minimum atomic E-state index is -3.57. The number of thiazole rings is 1. The number of methoxy groups -OCH3 is 1. The third kappa shape index (κ3) is 4.99. The fraction of sp³-hybridized carbons (Fsp3) is 0.320. The molecule has 1 saturated heterocycles. The van der Waals surface area contributed by atoms with E-state index in [9.17, 15) is 13.2 Å². The summed E-state index contributed by atoms with van der Waals surface area (Å²) >= 11 is 1.40. The maximum atomic E-state index is 13.6. The monoisotopic (exact) mass is 525 g/mol. The zero-order chi connectivity index (χ0) is 25.1. The van der Waals surface area contributed by atoms with Crippen molar-refractivity contribution in [3.05, 3.63) is 66.5 Å². The summed E-state index contributed by atoms with van der Waals surface area (Å²) in [5.74, 6) is 0.465. The Morgan fingerprint density at radius 2 is 1.89 bits per heavy atom. The average Bonchev–Trinajstić information content (AvgIpc) is 3.59. The predicted octanol–water partition coefficient (Wildman–Crippen LogP) is 4.02. The SMILES string of the molecule is COc1ccc2nc(N(CCn3cccn3)C(=O)c3ccc(S(=O)(=O)N4CCCCC4)cc3)sc2c1. The van der Waals surface area contributed by atoms with Crippen LogP contribution in [0.25, 0.3) is 10.2 Å². The lowest BCUT2D eigenvalue weighted by atomic mass is 10.2. The van der Waals surface area contributed by atoms with Crippen molar-refractivity contribution < 1.29 is 17.9 Å². The summed E-state index contributed by atoms with van der Waals surface area (Å²) in [5, 5.41) is 4.79. The van der Waals surface area contributed by atoms with E-state index in [0.29, 0.717) is 36.9 Å². The van der Waals surface area contributed by atoms with Gasteiger partial charge < -0.3 is 4.74 Å². The Bertz CT molecular complexity index is 1440. The number of aromatic nitrogens is 3. The van der Waals surface area contributed by atoms with Crippen LogP contribution in [0.15, 0.2) is 65.8 Å². The zero-order valence-corrected chi connectivity index (χ0v) is 21.5. The first-order chi connectivity index (χ1) is 17.5. The second kappa shape index (κ2) is 10.4. The summed E-state index contributed by atoms with van der Waals surface area (Å²) in [6, 6.07) is 13.6. The molecule has 0 unspecified atom stereocenters. The number of anilines is 1. The highest BCUT2D eigenvalue weighted by Gasteiger charge is 2.27. The summed E-state index contributed by atoms with van der Waals surface area (Å²) in [7, 11) is -1.96. The molecule has 1 fully saturated rings. The smallest absolute Gasteiger partial charge is 0.260 e. The zero-order valence-electron chi connectivity index (χ0n) is 19.9. The number of carbonyl (C=O) groups is 1. The number of fused-ring (bicyclic) bond motifs is 1. The van der Waals surface area contributed by atoms with Crippen molar-refractivity contribution in [1.29, 1.82) is 0 Å². The van der Waals surface area contributed by atoms with Crippen LogP contribution in [0.2, 0.25) is 0 Å². The van der Waals surface area contributed by atoms with E-state index in [-0.39, 0.29) is 10.8 Å². The number of ether oxygens (including phenoxy) is 1. The number of sulfonamides is 1. The molecule has 0 bridgehead atoms. The normalized spacial score (nSPS) is 14.7. The summed E-state index contributed by atoms with van der Waals surface area (Å²) in [6.45, 7) is 1.91. The molecule has 11 heteroatoms. The first-order valence-electron chi connectivity index (χ1n) is 11.8. The lowest BCUT2D eigenvalue weighted by Gasteiger charge is -2.26. The van der Waals surface area contributed by atoms with Crippen LogP contribution >= 0.6 is 11.3 Å². The van der Waals surface area contributed by atoms with Crippen molar-refractivity contribution in [1.82, 2.24) is 19.1 Å². The number of nitrogens with zero attached hydrogens (tertiary/aromatic N) is 5. The van der Waals surface area contributed by atoms with Crippen molar-refractivity contribution >= 4 is 42.6 Å². The Kier molecular flexibility index (Phi) is 7.04. The lowest BCUT2D eigenvalue weighted by molar-refractivity contribution is 0.0985. The lowest BCUT2D eigenvalue weighted by Crippen LogP contribution is -2.36. The van der Waals surface area contributed by atoms with Crippen molar-refractivity contribution in [2.45, 2.75) is 30.7 Å². The molecule has 1 aliphatic rings. The fourth-order valence-electron chi connectivity index (χ4n) is 4.23. The van der Waals surface area contributed by atoms with Crippen LogP contribution in [0, 0.1) is 0 Å². The van der Waals surface area contributed by atoms with Gasteiger partial charge in [-0.3, -0.25) is 14.4 Å². The van der Waals surface area contributed by atoms with E-state index in [2.05, 4.69) is 10.1 Å². The van der Waals surface area contributed by atoms with E-state index < -0.39 is 10.0 Å². The highest BCUT2D eigenvalue weighted by Crippen LogP contribution is 2.32.